The van der Waals surface area contributed by atoms with Gasteiger partial charge in [-0.3, -0.25) is 44.3 Å². The first-order chi connectivity index (χ1) is 35.4. The molecule has 73 heavy (non-hydrogen) atoms. The molecule has 4 saturated heterocycles. The Labute approximate surface area is 423 Å². The van der Waals surface area contributed by atoms with Crippen LogP contribution in [-0.2, 0) is 33.3 Å². The van der Waals surface area contributed by atoms with Crippen LogP contribution in [-0.4, -0.2) is 125 Å². The van der Waals surface area contributed by atoms with Crippen LogP contribution >= 0.6 is 0 Å². The normalized spacial score (nSPS) is 19.5. The van der Waals surface area contributed by atoms with Crippen LogP contribution in [0.2, 0.25) is 0 Å². The number of hydrogen-bond acceptors (Lipinski definition) is 12. The average Bonchev–Trinajstić information content (AvgIpc) is 4.02. The summed E-state index contributed by atoms with van der Waals surface area (Å²) in [5, 5.41) is 6.75. The third-order valence-electron chi connectivity index (χ3n) is 15.6. The smallest absolute Gasteiger partial charge is 0.353 e. The van der Waals surface area contributed by atoms with Crippen LogP contribution in [0.1, 0.15) is 57.6 Å². The number of piperazine rings is 1. The number of pyridine rings is 2. The Hall–Kier alpha value is -7.86. The van der Waals surface area contributed by atoms with Crippen LogP contribution in [0.25, 0.3) is 27.9 Å². The van der Waals surface area contributed by atoms with Crippen molar-refractivity contribution in [2.24, 2.45) is 7.05 Å². The van der Waals surface area contributed by atoms with Gasteiger partial charge in [-0.05, 0) is 116 Å². The van der Waals surface area contributed by atoms with E-state index in [4.69, 9.17) is 9.72 Å². The number of anilines is 5. The zero-order chi connectivity index (χ0) is 50.7. The maximum absolute atomic E-state index is 14.0. The summed E-state index contributed by atoms with van der Waals surface area (Å²) < 4.78 is 8.29. The third kappa shape index (κ3) is 8.26. The van der Waals surface area contributed by atoms with E-state index in [0.29, 0.717) is 43.5 Å². The number of nitrogens with zero attached hydrogens (tertiary/aromatic N) is 11. The van der Waals surface area contributed by atoms with Gasteiger partial charge in [0.05, 0.1) is 35.8 Å². The number of nitrogens with one attached hydrogen (secondary N) is 1. The Balaban J connectivity index is 0.808. The number of methoxy groups -OCH3 is 1. The van der Waals surface area contributed by atoms with Gasteiger partial charge in [-0.1, -0.05) is 31.2 Å². The van der Waals surface area contributed by atoms with Gasteiger partial charge in [-0.25, -0.2) is 23.8 Å². The number of hydrogen-bond donors (Lipinski definition) is 1. The van der Waals surface area contributed by atoms with Crippen molar-refractivity contribution in [3.8, 4) is 34.0 Å². The summed E-state index contributed by atoms with van der Waals surface area (Å²) >= 11 is 0. The van der Waals surface area contributed by atoms with Gasteiger partial charge in [0.15, 0.2) is 0 Å². The minimum atomic E-state index is -0.819. The van der Waals surface area contributed by atoms with E-state index in [1.54, 1.807) is 40.3 Å². The Kier molecular flexibility index (Phi) is 12.3. The average molecular weight is 985 g/mol. The predicted molar refractivity (Wildman–Crippen MR) is 280 cm³/mol. The zero-order valence-electron chi connectivity index (χ0n) is 42.0. The number of fused-ring (bicyclic) bond motifs is 1. The number of rotatable bonds is 11. The molecule has 18 heteroatoms. The van der Waals surface area contributed by atoms with Gasteiger partial charge in [0.2, 0.25) is 17.7 Å². The van der Waals surface area contributed by atoms with Crippen molar-refractivity contribution in [2.75, 3.05) is 84.0 Å². The fraction of sp³-hybridized carbons (Fsp3) is 0.382. The fourth-order valence-corrected chi connectivity index (χ4v) is 11.8. The van der Waals surface area contributed by atoms with Gasteiger partial charge in [0, 0.05) is 107 Å². The second-order valence-electron chi connectivity index (χ2n) is 20.0. The first kappa shape index (κ1) is 47.5. The van der Waals surface area contributed by atoms with Crippen molar-refractivity contribution in [1.82, 2.24) is 34.5 Å². The van der Waals surface area contributed by atoms with E-state index in [1.807, 2.05) is 62.4 Å². The zero-order valence-corrected chi connectivity index (χ0v) is 42.0. The molecule has 11 rings (SSSR count). The van der Waals surface area contributed by atoms with E-state index >= 15 is 0 Å². The highest BCUT2D eigenvalue weighted by atomic mass is 16.5. The number of benzene rings is 3. The SMILES string of the molecule is CCc1c(-c2ccc(-n3c(OC)nn(C)c3=O)cc2-c2ccc(N3CCC(N4CCN(c5cccc6c5C(C)(C)C(=O)N6C5CCC(=O)NC5=O)CC4)CC3)cc2)ccnc1N1CCN(c2cccnc2)C1=O. The van der Waals surface area contributed by atoms with Gasteiger partial charge in [0.1, 0.15) is 11.9 Å². The highest BCUT2D eigenvalue weighted by molar-refractivity contribution is 6.15. The van der Waals surface area contributed by atoms with Gasteiger partial charge >= 0.3 is 17.7 Å². The molecule has 3 aromatic carbocycles. The van der Waals surface area contributed by atoms with Crippen LogP contribution in [0.3, 0.4) is 0 Å². The molecule has 0 spiro atoms. The lowest BCUT2D eigenvalue weighted by Gasteiger charge is -2.44. The largest absolute Gasteiger partial charge is 0.467 e. The predicted octanol–water partition coefficient (Wildman–Crippen LogP) is 5.93. The quantitative estimate of drug-likeness (QED) is 0.152. The molecule has 376 valence electrons. The molecule has 1 unspecified atom stereocenters. The number of aryl methyl sites for hydroxylation is 1. The molecule has 6 aromatic rings. The van der Waals surface area contributed by atoms with E-state index in [2.05, 4.69) is 67.4 Å². The number of urea groups is 1. The lowest BCUT2D eigenvalue weighted by atomic mass is 9.84. The molecule has 1 N–H and O–H groups in total. The first-order valence-corrected chi connectivity index (χ1v) is 25.3. The maximum Gasteiger partial charge on any atom is 0.353 e. The van der Waals surface area contributed by atoms with Crippen molar-refractivity contribution >= 4 is 52.3 Å². The topological polar surface area (TPSA) is 175 Å². The molecular weight excluding hydrogens is 925 g/mol. The summed E-state index contributed by atoms with van der Waals surface area (Å²) in [6.45, 7) is 12.3. The lowest BCUT2D eigenvalue weighted by Crippen LogP contribution is -2.55. The summed E-state index contributed by atoms with van der Waals surface area (Å²) in [4.78, 5) is 87.9. The molecule has 0 radical (unpaired) electrons. The van der Waals surface area contributed by atoms with Crippen LogP contribution in [0, 0.1) is 0 Å². The summed E-state index contributed by atoms with van der Waals surface area (Å²) in [5.74, 6) is -0.198. The molecule has 4 fully saturated rings. The molecule has 5 aliphatic heterocycles. The van der Waals surface area contributed by atoms with E-state index in [-0.39, 0.29) is 36.0 Å². The Bertz CT molecular complexity index is 3190. The molecule has 3 aromatic heterocycles. The molecule has 0 aliphatic carbocycles. The number of carbonyl (C=O) groups is 4. The summed E-state index contributed by atoms with van der Waals surface area (Å²) in [5.41, 5.74) is 8.79. The minimum Gasteiger partial charge on any atom is -0.467 e. The van der Waals surface area contributed by atoms with Gasteiger partial charge < -0.3 is 14.5 Å². The molecule has 0 saturated carbocycles. The molecule has 1 atom stereocenters. The highest BCUT2D eigenvalue weighted by Crippen LogP contribution is 2.49. The highest BCUT2D eigenvalue weighted by Gasteiger charge is 2.51. The number of imide groups is 1. The number of carbonyl (C=O) groups excluding carboxylic acids is 4. The molecule has 5 amide bonds. The Morgan fingerprint density at radius 3 is 2.18 bits per heavy atom. The van der Waals surface area contributed by atoms with Crippen LogP contribution in [0.15, 0.2) is 102 Å². The summed E-state index contributed by atoms with van der Waals surface area (Å²) in [7, 11) is 3.10. The Morgan fingerprint density at radius 2 is 1.47 bits per heavy atom. The van der Waals surface area contributed by atoms with E-state index in [0.717, 1.165) is 108 Å². The summed E-state index contributed by atoms with van der Waals surface area (Å²) in [6.07, 6.45) is 8.37. The van der Waals surface area contributed by atoms with Crippen LogP contribution < -0.4 is 40.2 Å². The molecular formula is C55H60N12O6. The third-order valence-corrected chi connectivity index (χ3v) is 15.6. The second-order valence-corrected chi connectivity index (χ2v) is 20.0. The van der Waals surface area contributed by atoms with Crippen molar-refractivity contribution in [3.05, 3.63) is 119 Å². The van der Waals surface area contributed by atoms with E-state index in [1.165, 1.54) is 16.4 Å². The van der Waals surface area contributed by atoms with Crippen LogP contribution in [0.5, 0.6) is 6.01 Å². The van der Waals surface area contributed by atoms with Gasteiger partial charge in [-0.2, -0.15) is 0 Å². The summed E-state index contributed by atoms with van der Waals surface area (Å²) in [6, 6.07) is 26.1. The number of aromatic nitrogens is 5. The first-order valence-electron chi connectivity index (χ1n) is 25.3. The van der Waals surface area contributed by atoms with Gasteiger partial charge in [-0.15, -0.1) is 5.10 Å². The molecule has 5 aliphatic rings. The Morgan fingerprint density at radius 1 is 0.726 bits per heavy atom. The molecule has 8 heterocycles. The maximum atomic E-state index is 14.0. The van der Waals surface area contributed by atoms with E-state index < -0.39 is 17.4 Å². The minimum absolute atomic E-state index is 0.111. The van der Waals surface area contributed by atoms with Crippen LogP contribution in [0.4, 0.5) is 33.4 Å². The number of piperidine rings is 2. The van der Waals surface area contributed by atoms with E-state index in [9.17, 15) is 24.0 Å². The lowest BCUT2D eigenvalue weighted by molar-refractivity contribution is -0.136. The molecule has 0 bridgehead atoms. The van der Waals surface area contributed by atoms with Crippen molar-refractivity contribution in [3.63, 3.8) is 0 Å². The van der Waals surface area contributed by atoms with Crippen molar-refractivity contribution in [1.29, 1.82) is 0 Å². The monoisotopic (exact) mass is 984 g/mol. The second kappa shape index (κ2) is 19.0. The van der Waals surface area contributed by atoms with Crippen molar-refractivity contribution < 1.29 is 23.9 Å². The molecule has 18 nitrogen and oxygen atoms in total. The van der Waals surface area contributed by atoms with Gasteiger partial charge in [0.25, 0.3) is 0 Å². The van der Waals surface area contributed by atoms with Crippen molar-refractivity contribution in [2.45, 2.75) is 70.4 Å². The fourth-order valence-electron chi connectivity index (χ4n) is 11.8. The number of amides is 5. The standard InChI is InChI=1S/C55H60N12O6/c1-6-40-42(20-24-57-49(40)65-32-31-64(54(65)72)39-9-8-23-56-34-39)41-17-16-38(66-52(73-5)59-60(4)53(66)71)33-43(41)35-12-14-36(15-13-35)61-25-21-37(22-26-61)62-27-29-63(30-28-62)44-10-7-11-45-48(44)55(2,3)51(70)67(45)46-18-19-47(68)58-50(46)69/h7-17,20,23-24,33-34,37,46H,6,18-19,21-22,25-32H2,1-5H3,(H,58,68,69). The number of ether oxygens (including phenoxy) is 1.